The van der Waals surface area contributed by atoms with Gasteiger partial charge in [-0.3, -0.25) is 4.79 Å². The van der Waals surface area contributed by atoms with Gasteiger partial charge in [0, 0.05) is 30.6 Å². The number of ether oxygens (including phenoxy) is 1. The lowest BCUT2D eigenvalue weighted by atomic mass is 10.1. The van der Waals surface area contributed by atoms with Crippen molar-refractivity contribution in [1.82, 2.24) is 0 Å². The predicted octanol–water partition coefficient (Wildman–Crippen LogP) is 1.52. The number of benzene rings is 1. The first-order valence-electron chi connectivity index (χ1n) is 6.51. The molecule has 1 aliphatic heterocycles. The lowest BCUT2D eigenvalue weighted by Crippen LogP contribution is -2.45. The zero-order valence-corrected chi connectivity index (χ0v) is 12.7. The maximum absolute atomic E-state index is 11.5. The van der Waals surface area contributed by atoms with Gasteiger partial charge in [0.15, 0.2) is 16.1 Å². The normalized spacial score (nSPS) is 23.6. The number of nitrogens with zero attached hydrogens (tertiary/aromatic N) is 1. The topological polar surface area (TPSA) is 63.7 Å². The summed E-state index contributed by atoms with van der Waals surface area (Å²) in [6.45, 7) is 5.33. The summed E-state index contributed by atoms with van der Waals surface area (Å²) < 4.78 is 28.7. The molecule has 2 rings (SSSR count). The number of anilines is 1. The van der Waals surface area contributed by atoms with Gasteiger partial charge in [-0.25, -0.2) is 8.42 Å². The minimum absolute atomic E-state index is 0.0767. The molecule has 1 aromatic carbocycles. The third-order valence-electron chi connectivity index (χ3n) is 3.31. The third-order valence-corrected chi connectivity index (χ3v) is 4.42. The van der Waals surface area contributed by atoms with E-state index in [0.717, 1.165) is 11.9 Å². The fraction of sp³-hybridized carbons (Fsp3) is 0.500. The van der Waals surface area contributed by atoms with E-state index in [0.29, 0.717) is 24.9 Å². The summed E-state index contributed by atoms with van der Waals surface area (Å²) in [6, 6.07) is 4.68. The second kappa shape index (κ2) is 5.54. The Hall–Kier alpha value is -1.40. The van der Waals surface area contributed by atoms with Gasteiger partial charge in [-0.2, -0.15) is 0 Å². The van der Waals surface area contributed by atoms with Gasteiger partial charge in [-0.05, 0) is 32.0 Å². The number of hydrogen-bond donors (Lipinski definition) is 0. The molecule has 1 aromatic rings. The van der Waals surface area contributed by atoms with Crippen molar-refractivity contribution in [3.8, 4) is 0 Å². The molecule has 1 fully saturated rings. The van der Waals surface area contributed by atoms with Crippen molar-refractivity contribution in [2.24, 2.45) is 0 Å². The summed E-state index contributed by atoms with van der Waals surface area (Å²) in [6.07, 6.45) is 1.99. The molecule has 2 atom stereocenters. The van der Waals surface area contributed by atoms with Gasteiger partial charge in [0.25, 0.3) is 0 Å². The van der Waals surface area contributed by atoms with Crippen molar-refractivity contribution in [2.75, 3.05) is 24.2 Å². The van der Waals surface area contributed by atoms with E-state index in [1.54, 1.807) is 12.1 Å². The predicted molar refractivity (Wildman–Crippen MR) is 77.2 cm³/mol. The number of carbonyl (C=O) groups excluding carboxylic acids is 1. The molecule has 5 nitrogen and oxygen atoms in total. The van der Waals surface area contributed by atoms with Crippen LogP contribution in [0, 0.1) is 0 Å². The van der Waals surface area contributed by atoms with Gasteiger partial charge in [-0.1, -0.05) is 0 Å². The fourth-order valence-corrected chi connectivity index (χ4v) is 3.18. The molecule has 1 heterocycles. The number of carbonyl (C=O) groups is 1. The first kappa shape index (κ1) is 15.0. The Morgan fingerprint density at radius 3 is 2.35 bits per heavy atom. The van der Waals surface area contributed by atoms with Crippen LogP contribution < -0.4 is 4.90 Å². The third kappa shape index (κ3) is 3.19. The SMILES string of the molecule is CC1CN(c2ccc(S(C)(=O)=O)cc2C=O)CC(C)O1. The Morgan fingerprint density at radius 1 is 1.25 bits per heavy atom. The van der Waals surface area contributed by atoms with Crippen molar-refractivity contribution in [3.05, 3.63) is 23.8 Å². The molecule has 1 aliphatic rings. The average molecular weight is 297 g/mol. The first-order chi connectivity index (χ1) is 9.31. The van der Waals surface area contributed by atoms with Crippen LogP contribution in [0.2, 0.25) is 0 Å². The van der Waals surface area contributed by atoms with Gasteiger partial charge in [0.1, 0.15) is 0 Å². The lowest BCUT2D eigenvalue weighted by Gasteiger charge is -2.37. The number of morpholine rings is 1. The number of rotatable bonds is 3. The lowest BCUT2D eigenvalue weighted by molar-refractivity contribution is -0.00525. The van der Waals surface area contributed by atoms with E-state index in [1.807, 2.05) is 13.8 Å². The second-order valence-electron chi connectivity index (χ2n) is 5.27. The number of sulfone groups is 1. The van der Waals surface area contributed by atoms with Gasteiger partial charge in [-0.15, -0.1) is 0 Å². The molecule has 0 N–H and O–H groups in total. The Bertz CT molecular complexity index is 602. The molecule has 0 aliphatic carbocycles. The van der Waals surface area contributed by atoms with Crippen LogP contribution >= 0.6 is 0 Å². The van der Waals surface area contributed by atoms with Crippen molar-refractivity contribution in [2.45, 2.75) is 31.0 Å². The molecule has 1 saturated heterocycles. The van der Waals surface area contributed by atoms with Crippen molar-refractivity contribution in [1.29, 1.82) is 0 Å². The van der Waals surface area contributed by atoms with Crippen LogP contribution in [0.1, 0.15) is 24.2 Å². The summed E-state index contributed by atoms with van der Waals surface area (Å²) in [5, 5.41) is 0. The van der Waals surface area contributed by atoms with E-state index in [4.69, 9.17) is 4.74 Å². The van der Waals surface area contributed by atoms with Crippen molar-refractivity contribution in [3.63, 3.8) is 0 Å². The summed E-state index contributed by atoms with van der Waals surface area (Å²) in [5.41, 5.74) is 1.16. The standard InChI is InChI=1S/C14H19NO4S/c1-10-7-15(8-11(2)19-10)14-5-4-13(20(3,17)18)6-12(14)9-16/h4-6,9-11H,7-8H2,1-3H3. The highest BCUT2D eigenvalue weighted by Gasteiger charge is 2.24. The second-order valence-corrected chi connectivity index (χ2v) is 7.29. The van der Waals surface area contributed by atoms with Gasteiger partial charge in [0.05, 0.1) is 17.1 Å². The molecular formula is C14H19NO4S. The molecule has 2 unspecified atom stereocenters. The van der Waals surface area contributed by atoms with Crippen LogP contribution in [-0.2, 0) is 14.6 Å². The monoisotopic (exact) mass is 297 g/mol. The van der Waals surface area contributed by atoms with Gasteiger partial charge >= 0.3 is 0 Å². The molecule has 0 bridgehead atoms. The highest BCUT2D eigenvalue weighted by atomic mass is 32.2. The van der Waals surface area contributed by atoms with Gasteiger partial charge in [0.2, 0.25) is 0 Å². The van der Waals surface area contributed by atoms with E-state index in [1.165, 1.54) is 6.07 Å². The maximum Gasteiger partial charge on any atom is 0.175 e. The molecule has 0 radical (unpaired) electrons. The van der Waals surface area contributed by atoms with Crippen molar-refractivity contribution < 1.29 is 17.9 Å². The minimum Gasteiger partial charge on any atom is -0.372 e. The number of aldehydes is 1. The van der Waals surface area contributed by atoms with Crippen molar-refractivity contribution >= 4 is 21.8 Å². The molecule has 110 valence electrons. The van der Waals surface area contributed by atoms with Crippen LogP contribution in [-0.4, -0.2) is 46.3 Å². The Kier molecular flexibility index (Phi) is 4.15. The average Bonchev–Trinajstić information content (AvgIpc) is 2.35. The molecule has 6 heteroatoms. The molecule has 20 heavy (non-hydrogen) atoms. The van der Waals surface area contributed by atoms with Crippen LogP contribution in [0.25, 0.3) is 0 Å². The molecule has 0 amide bonds. The molecular weight excluding hydrogens is 278 g/mol. The maximum atomic E-state index is 11.5. The molecule has 0 spiro atoms. The van der Waals surface area contributed by atoms with E-state index < -0.39 is 9.84 Å². The minimum atomic E-state index is -3.31. The van der Waals surface area contributed by atoms with Crippen LogP contribution in [0.5, 0.6) is 0 Å². The van der Waals surface area contributed by atoms with Crippen LogP contribution in [0.3, 0.4) is 0 Å². The Balaban J connectivity index is 2.39. The smallest absolute Gasteiger partial charge is 0.175 e. The van der Waals surface area contributed by atoms with E-state index >= 15 is 0 Å². The van der Waals surface area contributed by atoms with Crippen LogP contribution in [0.4, 0.5) is 5.69 Å². The quantitative estimate of drug-likeness (QED) is 0.791. The summed E-state index contributed by atoms with van der Waals surface area (Å²) >= 11 is 0. The fourth-order valence-electron chi connectivity index (χ4n) is 2.52. The van der Waals surface area contributed by atoms with Crippen LogP contribution in [0.15, 0.2) is 23.1 Å². The highest BCUT2D eigenvalue weighted by molar-refractivity contribution is 7.90. The first-order valence-corrected chi connectivity index (χ1v) is 8.40. The summed E-state index contributed by atoms with van der Waals surface area (Å²) in [4.78, 5) is 13.5. The highest BCUT2D eigenvalue weighted by Crippen LogP contribution is 2.26. The Morgan fingerprint density at radius 2 is 1.85 bits per heavy atom. The van der Waals surface area contributed by atoms with E-state index in [9.17, 15) is 13.2 Å². The van der Waals surface area contributed by atoms with Gasteiger partial charge < -0.3 is 9.64 Å². The zero-order chi connectivity index (χ0) is 14.9. The number of hydrogen-bond acceptors (Lipinski definition) is 5. The molecule has 0 saturated carbocycles. The Labute approximate surface area is 119 Å². The summed E-state index contributed by atoms with van der Waals surface area (Å²) in [7, 11) is -3.31. The van der Waals surface area contributed by atoms with E-state index in [-0.39, 0.29) is 17.1 Å². The summed E-state index contributed by atoms with van der Waals surface area (Å²) in [5.74, 6) is 0. The van der Waals surface area contributed by atoms with E-state index in [2.05, 4.69) is 4.90 Å². The largest absolute Gasteiger partial charge is 0.372 e. The molecule has 0 aromatic heterocycles. The zero-order valence-electron chi connectivity index (χ0n) is 11.9.